The molecule has 9 nitrogen and oxygen atoms in total. The molecule has 10 heteroatoms. The summed E-state index contributed by atoms with van der Waals surface area (Å²) >= 11 is 1.68. The number of fused-ring (bicyclic) bond motifs is 1. The second-order valence-electron chi connectivity index (χ2n) is 11.8. The molecule has 3 heterocycles. The lowest BCUT2D eigenvalue weighted by Gasteiger charge is -2.23. The number of urea groups is 1. The van der Waals surface area contributed by atoms with E-state index in [-0.39, 0.29) is 23.7 Å². The van der Waals surface area contributed by atoms with Gasteiger partial charge in [-0.05, 0) is 78.7 Å². The Morgan fingerprint density at radius 1 is 0.973 bits per heavy atom. The minimum Gasteiger partial charge on any atom is -0.366 e. The predicted octanol–water partition coefficient (Wildman–Crippen LogP) is 5.34. The molecule has 6 rings (SSSR count). The maximum absolute atomic E-state index is 12.3. The van der Waals surface area contributed by atoms with Gasteiger partial charge < -0.3 is 21.3 Å². The van der Waals surface area contributed by atoms with E-state index in [4.69, 9.17) is 15.0 Å². The number of thiazole rings is 1. The number of nitrogens with one attached hydrogen (secondary N) is 4. The fourth-order valence-corrected chi connectivity index (χ4v) is 6.11. The summed E-state index contributed by atoms with van der Waals surface area (Å²) in [7, 11) is 0. The van der Waals surface area contributed by atoms with Crippen LogP contribution in [0, 0.1) is 6.92 Å². The zero-order chi connectivity index (χ0) is 25.7. The SMILES string of the molecule is Cc1nc(NC(C)(C)C)nc(N[C@H]2CC[C@@H](NC(=O)NC3CC3)C2)c1-c1nc2c(C3CC3)nccc2s1. The Kier molecular flexibility index (Phi) is 6.17. The van der Waals surface area contributed by atoms with Crippen molar-refractivity contribution in [3.05, 3.63) is 23.7 Å². The standard InChI is InChI=1S/C27H36N8OS/c1-14-20(24-33-22-19(37-24)11-12-28-21(22)15-5-6-15)23(34-25(29-14)35-27(2,3)4)30-17-9-10-18(13-17)32-26(36)31-16-7-8-16/h11-12,15-18H,5-10,13H2,1-4H3,(H2,31,32,36)(H2,29,30,34,35)/t17-,18+/m0/s1. The molecule has 2 atom stereocenters. The lowest BCUT2D eigenvalue weighted by molar-refractivity contribution is 0.236. The minimum absolute atomic E-state index is 0.0436. The summed E-state index contributed by atoms with van der Waals surface area (Å²) in [6, 6.07) is 2.74. The average Bonchev–Trinajstić information content (AvgIpc) is 3.73. The smallest absolute Gasteiger partial charge is 0.315 e. The summed E-state index contributed by atoms with van der Waals surface area (Å²) in [6.07, 6.45) is 9.24. The molecule has 3 aromatic rings. The summed E-state index contributed by atoms with van der Waals surface area (Å²) in [4.78, 5) is 31.8. The molecule has 3 aliphatic rings. The monoisotopic (exact) mass is 520 g/mol. The van der Waals surface area contributed by atoms with E-state index in [0.717, 1.165) is 70.1 Å². The van der Waals surface area contributed by atoms with Gasteiger partial charge in [0.2, 0.25) is 5.95 Å². The Morgan fingerprint density at radius 3 is 2.43 bits per heavy atom. The molecule has 3 saturated carbocycles. The summed E-state index contributed by atoms with van der Waals surface area (Å²) < 4.78 is 1.15. The molecule has 0 radical (unpaired) electrons. The van der Waals surface area contributed by atoms with Crippen molar-refractivity contribution in [1.82, 2.24) is 30.6 Å². The van der Waals surface area contributed by atoms with Crippen molar-refractivity contribution in [2.24, 2.45) is 0 Å². The number of pyridine rings is 1. The lowest BCUT2D eigenvalue weighted by Crippen LogP contribution is -2.42. The quantitative estimate of drug-likeness (QED) is 0.332. The van der Waals surface area contributed by atoms with E-state index < -0.39 is 0 Å². The molecule has 37 heavy (non-hydrogen) atoms. The van der Waals surface area contributed by atoms with E-state index in [1.165, 1.54) is 12.8 Å². The van der Waals surface area contributed by atoms with Crippen LogP contribution in [0.3, 0.4) is 0 Å². The maximum atomic E-state index is 12.3. The third-order valence-electron chi connectivity index (χ3n) is 7.11. The highest BCUT2D eigenvalue weighted by Gasteiger charge is 2.31. The number of aryl methyl sites for hydroxylation is 1. The molecule has 0 spiro atoms. The van der Waals surface area contributed by atoms with E-state index in [1.54, 1.807) is 11.3 Å². The first-order valence-electron chi connectivity index (χ1n) is 13.5. The summed E-state index contributed by atoms with van der Waals surface area (Å²) in [6.45, 7) is 8.34. The summed E-state index contributed by atoms with van der Waals surface area (Å²) in [5.74, 6) is 1.94. The van der Waals surface area contributed by atoms with Crippen LogP contribution in [0.2, 0.25) is 0 Å². The van der Waals surface area contributed by atoms with Crippen LogP contribution in [0.4, 0.5) is 16.6 Å². The Hall–Kier alpha value is -3.01. The van der Waals surface area contributed by atoms with E-state index >= 15 is 0 Å². The van der Waals surface area contributed by atoms with Gasteiger partial charge in [-0.3, -0.25) is 4.98 Å². The van der Waals surface area contributed by atoms with Crippen LogP contribution in [0.5, 0.6) is 0 Å². The normalized spacial score (nSPS) is 21.7. The van der Waals surface area contributed by atoms with Crippen LogP contribution >= 0.6 is 11.3 Å². The van der Waals surface area contributed by atoms with Crippen molar-refractivity contribution < 1.29 is 4.79 Å². The van der Waals surface area contributed by atoms with Crippen molar-refractivity contribution in [2.45, 2.75) is 102 Å². The van der Waals surface area contributed by atoms with Gasteiger partial charge >= 0.3 is 6.03 Å². The number of anilines is 2. The van der Waals surface area contributed by atoms with E-state index in [1.807, 2.05) is 13.1 Å². The topological polar surface area (TPSA) is 117 Å². The first-order valence-corrected chi connectivity index (χ1v) is 14.3. The Balaban J connectivity index is 1.29. The fraction of sp³-hybridized carbons (Fsp3) is 0.593. The van der Waals surface area contributed by atoms with Crippen LogP contribution in [-0.2, 0) is 0 Å². The molecule has 3 aliphatic carbocycles. The molecular weight excluding hydrogens is 484 g/mol. The number of amides is 2. The van der Waals surface area contributed by atoms with Gasteiger partial charge in [0.15, 0.2) is 0 Å². The van der Waals surface area contributed by atoms with Gasteiger partial charge in [0.05, 0.1) is 21.7 Å². The van der Waals surface area contributed by atoms with Crippen molar-refractivity contribution in [3.8, 4) is 10.6 Å². The molecule has 0 aromatic carbocycles. The number of hydrogen-bond donors (Lipinski definition) is 4. The van der Waals surface area contributed by atoms with Gasteiger partial charge in [0.1, 0.15) is 16.3 Å². The number of hydrogen-bond acceptors (Lipinski definition) is 8. The number of carbonyl (C=O) groups excluding carboxylic acids is 1. The predicted molar refractivity (Wildman–Crippen MR) is 148 cm³/mol. The highest BCUT2D eigenvalue weighted by molar-refractivity contribution is 7.21. The van der Waals surface area contributed by atoms with Gasteiger partial charge in [0, 0.05) is 35.8 Å². The summed E-state index contributed by atoms with van der Waals surface area (Å²) in [5.41, 5.74) is 3.81. The van der Waals surface area contributed by atoms with Crippen molar-refractivity contribution >= 4 is 39.4 Å². The van der Waals surface area contributed by atoms with Gasteiger partial charge in [0.25, 0.3) is 0 Å². The highest BCUT2D eigenvalue weighted by atomic mass is 32.1. The molecule has 0 saturated heterocycles. The summed E-state index contributed by atoms with van der Waals surface area (Å²) in [5, 5.41) is 14.2. The highest BCUT2D eigenvalue weighted by Crippen LogP contribution is 2.44. The molecule has 3 fully saturated rings. The molecule has 4 N–H and O–H groups in total. The zero-order valence-electron chi connectivity index (χ0n) is 22.0. The second kappa shape index (κ2) is 9.38. The Bertz CT molecular complexity index is 1320. The van der Waals surface area contributed by atoms with Crippen molar-refractivity contribution in [1.29, 1.82) is 0 Å². The molecular formula is C27H36N8OS. The molecule has 0 bridgehead atoms. The van der Waals surface area contributed by atoms with Gasteiger partial charge in [-0.2, -0.15) is 4.98 Å². The number of nitrogens with zero attached hydrogens (tertiary/aromatic N) is 4. The third-order valence-corrected chi connectivity index (χ3v) is 8.15. The van der Waals surface area contributed by atoms with Gasteiger partial charge in [-0.1, -0.05) is 0 Å². The second-order valence-corrected chi connectivity index (χ2v) is 12.8. The third kappa shape index (κ3) is 5.63. The van der Waals surface area contributed by atoms with E-state index in [0.29, 0.717) is 17.9 Å². The average molecular weight is 521 g/mol. The molecule has 0 aliphatic heterocycles. The number of rotatable bonds is 7. The van der Waals surface area contributed by atoms with Crippen LogP contribution in [0.15, 0.2) is 12.3 Å². The first kappa shape index (κ1) is 24.3. The molecule has 0 unspecified atom stereocenters. The van der Waals surface area contributed by atoms with Crippen LogP contribution in [-0.4, -0.2) is 49.6 Å². The zero-order valence-corrected chi connectivity index (χ0v) is 22.8. The number of carbonyl (C=O) groups is 1. The first-order chi connectivity index (χ1) is 17.7. The van der Waals surface area contributed by atoms with E-state index in [9.17, 15) is 4.79 Å². The number of aromatic nitrogens is 4. The van der Waals surface area contributed by atoms with Crippen LogP contribution < -0.4 is 21.3 Å². The lowest BCUT2D eigenvalue weighted by atomic mass is 10.1. The van der Waals surface area contributed by atoms with Gasteiger partial charge in [-0.15, -0.1) is 11.3 Å². The van der Waals surface area contributed by atoms with Crippen LogP contribution in [0.25, 0.3) is 20.8 Å². The van der Waals surface area contributed by atoms with Crippen molar-refractivity contribution in [2.75, 3.05) is 10.6 Å². The van der Waals surface area contributed by atoms with Crippen molar-refractivity contribution in [3.63, 3.8) is 0 Å². The molecule has 196 valence electrons. The molecule has 2 amide bonds. The fourth-order valence-electron chi connectivity index (χ4n) is 5.04. The maximum Gasteiger partial charge on any atom is 0.315 e. The van der Waals surface area contributed by atoms with Gasteiger partial charge in [-0.25, -0.2) is 14.8 Å². The van der Waals surface area contributed by atoms with Crippen LogP contribution in [0.1, 0.15) is 83.0 Å². The minimum atomic E-state index is -0.163. The largest absolute Gasteiger partial charge is 0.366 e. The Labute approximate surface area is 221 Å². The molecule has 3 aromatic heterocycles. The Morgan fingerprint density at radius 2 is 1.70 bits per heavy atom. The van der Waals surface area contributed by atoms with E-state index in [2.05, 4.69) is 53.1 Å².